The number of hydrogen-bond acceptors (Lipinski definition) is 2. The first-order chi connectivity index (χ1) is 7.36. The van der Waals surface area contributed by atoms with Crippen LogP contribution in [0.3, 0.4) is 0 Å². The smallest absolute Gasteiger partial charge is 0.396 e. The summed E-state index contributed by atoms with van der Waals surface area (Å²) in [7, 11) is 0. The summed E-state index contributed by atoms with van der Waals surface area (Å²) in [5.41, 5.74) is -0.688. The molecule has 0 radical (unpaired) electrons. The molecule has 6 heteroatoms. The number of benzene rings is 1. The molecule has 0 saturated heterocycles. The Balaban J connectivity index is 3.09. The summed E-state index contributed by atoms with van der Waals surface area (Å²) in [5, 5.41) is 18.2. The van der Waals surface area contributed by atoms with E-state index in [9.17, 15) is 18.3 Å². The second-order valence-electron chi connectivity index (χ2n) is 3.26. The molecule has 0 spiro atoms. The van der Waals surface area contributed by atoms with Crippen LogP contribution in [0.1, 0.15) is 23.7 Å². The van der Waals surface area contributed by atoms with E-state index in [0.717, 1.165) is 12.1 Å². The lowest BCUT2D eigenvalue weighted by Crippen LogP contribution is -2.08. The molecule has 1 rings (SSSR count). The van der Waals surface area contributed by atoms with Crippen LogP contribution in [0.15, 0.2) is 22.7 Å². The highest BCUT2D eigenvalue weighted by Crippen LogP contribution is 2.34. The number of alkyl halides is 3. The van der Waals surface area contributed by atoms with Crippen molar-refractivity contribution >= 4 is 15.9 Å². The Morgan fingerprint density at radius 1 is 1.31 bits per heavy atom. The van der Waals surface area contributed by atoms with E-state index >= 15 is 0 Å². The molecule has 2 N–H and O–H groups in total. The van der Waals surface area contributed by atoms with Gasteiger partial charge in [0.15, 0.2) is 0 Å². The average molecular weight is 299 g/mol. The molecule has 0 aliphatic heterocycles. The zero-order valence-corrected chi connectivity index (χ0v) is 9.72. The first-order valence-corrected chi connectivity index (χ1v) is 5.31. The minimum absolute atomic E-state index is 0.0000888. The Hall–Kier alpha value is -0.590. The molecule has 0 fully saturated rings. The van der Waals surface area contributed by atoms with Gasteiger partial charge in [0.25, 0.3) is 0 Å². The first-order valence-electron chi connectivity index (χ1n) is 4.52. The molecule has 0 heterocycles. The molecule has 90 valence electrons. The fourth-order valence-corrected chi connectivity index (χ4v) is 1.76. The summed E-state index contributed by atoms with van der Waals surface area (Å²) in [6.45, 7) is -0.288. The standard InChI is InChI=1S/C10H10BrF3O2/c11-8-2-1-6(10(12,13)14)5-7(8)9(16)3-4-15/h1-2,5,9,15-16H,3-4H2. The number of aliphatic hydroxyl groups excluding tert-OH is 2. The fourth-order valence-electron chi connectivity index (χ4n) is 1.25. The monoisotopic (exact) mass is 298 g/mol. The van der Waals surface area contributed by atoms with Crippen molar-refractivity contribution in [2.75, 3.05) is 6.61 Å². The fraction of sp³-hybridized carbons (Fsp3) is 0.400. The van der Waals surface area contributed by atoms with Gasteiger partial charge in [0.05, 0.1) is 11.7 Å². The molecule has 0 amide bonds. The Morgan fingerprint density at radius 2 is 1.94 bits per heavy atom. The Labute approximate surface area is 98.8 Å². The predicted molar refractivity (Wildman–Crippen MR) is 55.8 cm³/mol. The van der Waals surface area contributed by atoms with Gasteiger partial charge in [0.1, 0.15) is 0 Å². The van der Waals surface area contributed by atoms with E-state index in [2.05, 4.69) is 15.9 Å². The van der Waals surface area contributed by atoms with Crippen molar-refractivity contribution in [1.82, 2.24) is 0 Å². The van der Waals surface area contributed by atoms with E-state index in [1.165, 1.54) is 6.07 Å². The maximum Gasteiger partial charge on any atom is 0.416 e. The van der Waals surface area contributed by atoms with Gasteiger partial charge in [0, 0.05) is 17.5 Å². The summed E-state index contributed by atoms with van der Waals surface area (Å²) in [6.07, 6.45) is -5.55. The molecular formula is C10H10BrF3O2. The van der Waals surface area contributed by atoms with Crippen molar-refractivity contribution in [2.45, 2.75) is 18.7 Å². The predicted octanol–water partition coefficient (Wildman–Crippen LogP) is 2.88. The molecule has 0 aromatic heterocycles. The largest absolute Gasteiger partial charge is 0.416 e. The van der Waals surface area contributed by atoms with Crippen molar-refractivity contribution < 1.29 is 23.4 Å². The lowest BCUT2D eigenvalue weighted by molar-refractivity contribution is -0.137. The van der Waals surface area contributed by atoms with Gasteiger partial charge in [0.2, 0.25) is 0 Å². The van der Waals surface area contributed by atoms with Gasteiger partial charge in [-0.05, 0) is 23.8 Å². The number of aliphatic hydroxyl groups is 2. The van der Waals surface area contributed by atoms with E-state index in [-0.39, 0.29) is 18.6 Å². The lowest BCUT2D eigenvalue weighted by Gasteiger charge is -2.14. The van der Waals surface area contributed by atoms with Crippen LogP contribution in [0.2, 0.25) is 0 Å². The second-order valence-corrected chi connectivity index (χ2v) is 4.12. The van der Waals surface area contributed by atoms with Crippen LogP contribution in [-0.4, -0.2) is 16.8 Å². The zero-order chi connectivity index (χ0) is 12.3. The Kier molecular flexibility index (Phi) is 4.35. The van der Waals surface area contributed by atoms with Gasteiger partial charge in [-0.25, -0.2) is 0 Å². The summed E-state index contributed by atoms with van der Waals surface area (Å²) in [5.74, 6) is 0. The van der Waals surface area contributed by atoms with Gasteiger partial charge in [-0.2, -0.15) is 13.2 Å². The van der Waals surface area contributed by atoms with Crippen molar-refractivity contribution in [3.8, 4) is 0 Å². The normalized spacial score (nSPS) is 13.9. The molecule has 1 unspecified atom stereocenters. The van der Waals surface area contributed by atoms with Gasteiger partial charge in [-0.1, -0.05) is 15.9 Å². The van der Waals surface area contributed by atoms with Crippen LogP contribution in [0.25, 0.3) is 0 Å². The van der Waals surface area contributed by atoms with Crippen LogP contribution in [0.4, 0.5) is 13.2 Å². The van der Waals surface area contributed by atoms with Gasteiger partial charge in [-0.15, -0.1) is 0 Å². The van der Waals surface area contributed by atoms with Crippen LogP contribution in [0, 0.1) is 0 Å². The molecular weight excluding hydrogens is 289 g/mol. The highest BCUT2D eigenvalue weighted by Gasteiger charge is 2.31. The first kappa shape index (κ1) is 13.5. The average Bonchev–Trinajstić information content (AvgIpc) is 2.16. The van der Waals surface area contributed by atoms with Crippen molar-refractivity contribution in [2.24, 2.45) is 0 Å². The molecule has 1 aromatic carbocycles. The highest BCUT2D eigenvalue weighted by atomic mass is 79.9. The number of hydrogen-bond donors (Lipinski definition) is 2. The van der Waals surface area contributed by atoms with E-state index in [0.29, 0.717) is 4.47 Å². The molecule has 0 saturated carbocycles. The summed E-state index contributed by atoms with van der Waals surface area (Å²) < 4.78 is 37.6. The lowest BCUT2D eigenvalue weighted by atomic mass is 10.0. The number of halogens is 4. The quantitative estimate of drug-likeness (QED) is 0.901. The van der Waals surface area contributed by atoms with Crippen molar-refractivity contribution in [3.05, 3.63) is 33.8 Å². The van der Waals surface area contributed by atoms with E-state index < -0.39 is 17.8 Å². The maximum atomic E-state index is 12.4. The molecule has 0 aliphatic rings. The van der Waals surface area contributed by atoms with Crippen molar-refractivity contribution in [3.63, 3.8) is 0 Å². The van der Waals surface area contributed by atoms with Crippen LogP contribution >= 0.6 is 15.9 Å². The summed E-state index contributed by atoms with van der Waals surface area (Å²) in [6, 6.07) is 3.04. The van der Waals surface area contributed by atoms with E-state index in [1.807, 2.05) is 0 Å². The molecule has 0 aliphatic carbocycles. The Bertz CT molecular complexity index is 366. The third-order valence-corrected chi connectivity index (χ3v) is 2.81. The Morgan fingerprint density at radius 3 is 2.44 bits per heavy atom. The topological polar surface area (TPSA) is 40.5 Å². The van der Waals surface area contributed by atoms with Crippen LogP contribution < -0.4 is 0 Å². The zero-order valence-electron chi connectivity index (χ0n) is 8.13. The third kappa shape index (κ3) is 3.20. The molecule has 1 aromatic rings. The number of rotatable bonds is 3. The summed E-state index contributed by atoms with van der Waals surface area (Å²) >= 11 is 3.06. The summed E-state index contributed by atoms with van der Waals surface area (Å²) in [4.78, 5) is 0. The van der Waals surface area contributed by atoms with Gasteiger partial charge in [-0.3, -0.25) is 0 Å². The minimum atomic E-state index is -4.44. The van der Waals surface area contributed by atoms with Crippen LogP contribution in [0.5, 0.6) is 0 Å². The highest BCUT2D eigenvalue weighted by molar-refractivity contribution is 9.10. The van der Waals surface area contributed by atoms with E-state index in [1.54, 1.807) is 0 Å². The third-order valence-electron chi connectivity index (χ3n) is 2.08. The minimum Gasteiger partial charge on any atom is -0.396 e. The van der Waals surface area contributed by atoms with Gasteiger partial charge < -0.3 is 10.2 Å². The SMILES string of the molecule is OCCC(O)c1cc(C(F)(F)F)ccc1Br. The van der Waals surface area contributed by atoms with Crippen molar-refractivity contribution in [1.29, 1.82) is 0 Å². The van der Waals surface area contributed by atoms with E-state index in [4.69, 9.17) is 5.11 Å². The molecule has 16 heavy (non-hydrogen) atoms. The van der Waals surface area contributed by atoms with Gasteiger partial charge >= 0.3 is 6.18 Å². The molecule has 2 nitrogen and oxygen atoms in total. The maximum absolute atomic E-state index is 12.4. The van der Waals surface area contributed by atoms with Crippen LogP contribution in [-0.2, 0) is 6.18 Å². The second kappa shape index (κ2) is 5.16. The molecule has 1 atom stereocenters. The molecule has 0 bridgehead atoms.